The number of nitrogens with zero attached hydrogens (tertiary/aromatic N) is 1. The van der Waals surface area contributed by atoms with Crippen molar-refractivity contribution in [3.63, 3.8) is 0 Å². The Bertz CT molecular complexity index is 731. The van der Waals surface area contributed by atoms with Gasteiger partial charge < -0.3 is 24.4 Å². The van der Waals surface area contributed by atoms with Gasteiger partial charge in [-0.1, -0.05) is 12.1 Å². The molecule has 1 heterocycles. The summed E-state index contributed by atoms with van der Waals surface area (Å²) in [5.41, 5.74) is 1.70. The monoisotopic (exact) mass is 342 g/mol. The van der Waals surface area contributed by atoms with E-state index in [0.717, 1.165) is 11.3 Å². The van der Waals surface area contributed by atoms with Gasteiger partial charge in [-0.15, -0.1) is 0 Å². The number of carbonyl (C=O) groups excluding carboxylic acids is 1. The maximum absolute atomic E-state index is 12.4. The van der Waals surface area contributed by atoms with Crippen LogP contribution in [0.5, 0.6) is 17.2 Å². The van der Waals surface area contributed by atoms with Crippen molar-refractivity contribution in [3.8, 4) is 17.2 Å². The zero-order valence-corrected chi connectivity index (χ0v) is 14.5. The molecule has 25 heavy (non-hydrogen) atoms. The Labute approximate surface area is 147 Å². The molecule has 6 nitrogen and oxygen atoms in total. The van der Waals surface area contributed by atoms with E-state index in [0.29, 0.717) is 43.6 Å². The Morgan fingerprint density at radius 2 is 1.84 bits per heavy atom. The molecule has 1 aliphatic rings. The Morgan fingerprint density at radius 3 is 2.56 bits per heavy atom. The van der Waals surface area contributed by atoms with Gasteiger partial charge in [0.05, 0.1) is 6.61 Å². The van der Waals surface area contributed by atoms with Crippen molar-refractivity contribution < 1.29 is 19.0 Å². The van der Waals surface area contributed by atoms with Crippen LogP contribution >= 0.6 is 0 Å². The second-order valence-corrected chi connectivity index (χ2v) is 5.72. The summed E-state index contributed by atoms with van der Waals surface area (Å²) in [7, 11) is 1.75. The van der Waals surface area contributed by atoms with Gasteiger partial charge in [-0.05, 0) is 36.8 Å². The van der Waals surface area contributed by atoms with Gasteiger partial charge in [0, 0.05) is 25.3 Å². The van der Waals surface area contributed by atoms with Crippen LogP contribution in [-0.2, 0) is 6.54 Å². The van der Waals surface area contributed by atoms with E-state index < -0.39 is 0 Å². The van der Waals surface area contributed by atoms with Crippen LogP contribution in [0.2, 0.25) is 0 Å². The van der Waals surface area contributed by atoms with Crippen molar-refractivity contribution in [1.82, 2.24) is 4.90 Å². The summed E-state index contributed by atoms with van der Waals surface area (Å²) in [6.45, 7) is 4.15. The molecular formula is C19H22N2O4. The summed E-state index contributed by atoms with van der Waals surface area (Å²) in [5.74, 6) is 2.18. The Hall–Kier alpha value is -2.89. The summed E-state index contributed by atoms with van der Waals surface area (Å²) >= 11 is 0. The van der Waals surface area contributed by atoms with E-state index in [2.05, 4.69) is 5.32 Å². The highest BCUT2D eigenvalue weighted by atomic mass is 16.6. The molecule has 0 bridgehead atoms. The summed E-state index contributed by atoms with van der Waals surface area (Å²) in [6, 6.07) is 12.9. The largest absolute Gasteiger partial charge is 0.494 e. The number of hydrogen-bond acceptors (Lipinski definition) is 4. The predicted octanol–water partition coefficient (Wildman–Crippen LogP) is 3.52. The Balaban J connectivity index is 1.58. The molecule has 0 radical (unpaired) electrons. The first-order chi connectivity index (χ1) is 12.2. The third-order valence-electron chi connectivity index (χ3n) is 3.79. The lowest BCUT2D eigenvalue weighted by atomic mass is 10.2. The van der Waals surface area contributed by atoms with Gasteiger partial charge in [-0.25, -0.2) is 4.79 Å². The summed E-state index contributed by atoms with van der Waals surface area (Å²) < 4.78 is 16.4. The number of carbonyl (C=O) groups is 1. The molecule has 3 rings (SSSR count). The normalized spacial score (nSPS) is 12.4. The number of urea groups is 1. The average Bonchev–Trinajstić information content (AvgIpc) is 2.63. The fraction of sp³-hybridized carbons (Fsp3) is 0.316. The van der Waals surface area contributed by atoms with Gasteiger partial charge in [-0.3, -0.25) is 0 Å². The van der Waals surface area contributed by atoms with E-state index in [1.807, 2.05) is 31.2 Å². The lowest BCUT2D eigenvalue weighted by molar-refractivity contribution is 0.171. The molecule has 2 aromatic carbocycles. The highest BCUT2D eigenvalue weighted by Crippen LogP contribution is 2.32. The lowest BCUT2D eigenvalue weighted by Gasteiger charge is -2.21. The average molecular weight is 342 g/mol. The fourth-order valence-electron chi connectivity index (χ4n) is 2.54. The second kappa shape index (κ2) is 7.79. The first-order valence-electron chi connectivity index (χ1n) is 8.29. The van der Waals surface area contributed by atoms with Crippen molar-refractivity contribution in [2.24, 2.45) is 0 Å². The fourth-order valence-corrected chi connectivity index (χ4v) is 2.54. The quantitative estimate of drug-likeness (QED) is 0.903. The van der Waals surface area contributed by atoms with E-state index in [1.54, 1.807) is 30.1 Å². The Kier molecular flexibility index (Phi) is 5.28. The van der Waals surface area contributed by atoms with Crippen LogP contribution in [0.3, 0.4) is 0 Å². The number of ether oxygens (including phenoxy) is 3. The van der Waals surface area contributed by atoms with Gasteiger partial charge in [0.15, 0.2) is 11.5 Å². The number of benzene rings is 2. The van der Waals surface area contributed by atoms with E-state index in [-0.39, 0.29) is 6.03 Å². The minimum absolute atomic E-state index is 0.189. The van der Waals surface area contributed by atoms with Gasteiger partial charge in [0.25, 0.3) is 0 Å². The van der Waals surface area contributed by atoms with E-state index >= 15 is 0 Å². The smallest absolute Gasteiger partial charge is 0.321 e. The van der Waals surface area contributed by atoms with Crippen molar-refractivity contribution in [2.45, 2.75) is 13.5 Å². The topological polar surface area (TPSA) is 60.0 Å². The maximum Gasteiger partial charge on any atom is 0.321 e. The third kappa shape index (κ3) is 4.35. The molecule has 0 aliphatic carbocycles. The molecule has 1 aliphatic heterocycles. The van der Waals surface area contributed by atoms with Crippen molar-refractivity contribution >= 4 is 11.7 Å². The number of nitrogens with one attached hydrogen (secondary N) is 1. The molecule has 6 heteroatoms. The minimum Gasteiger partial charge on any atom is -0.494 e. The number of anilines is 1. The van der Waals surface area contributed by atoms with Gasteiger partial charge in [0.1, 0.15) is 19.0 Å². The zero-order valence-electron chi connectivity index (χ0n) is 14.5. The SMILES string of the molecule is CCOc1ccc(CN(C)C(=O)Nc2ccc3c(c2)OCCO3)cc1. The van der Waals surface area contributed by atoms with Crippen LogP contribution in [0.4, 0.5) is 10.5 Å². The van der Waals surface area contributed by atoms with Crippen LogP contribution in [0.25, 0.3) is 0 Å². The molecule has 0 fully saturated rings. The molecule has 132 valence electrons. The summed E-state index contributed by atoms with van der Waals surface area (Å²) in [5, 5.41) is 2.87. The number of amides is 2. The first-order valence-corrected chi connectivity index (χ1v) is 8.29. The molecule has 1 N–H and O–H groups in total. The third-order valence-corrected chi connectivity index (χ3v) is 3.79. The molecule has 0 saturated heterocycles. The zero-order chi connectivity index (χ0) is 17.6. The molecule has 0 spiro atoms. The molecule has 2 amide bonds. The second-order valence-electron chi connectivity index (χ2n) is 5.72. The van der Waals surface area contributed by atoms with E-state index in [4.69, 9.17) is 14.2 Å². The van der Waals surface area contributed by atoms with Crippen LogP contribution in [0.15, 0.2) is 42.5 Å². The predicted molar refractivity (Wildman–Crippen MR) is 95.5 cm³/mol. The van der Waals surface area contributed by atoms with E-state index in [9.17, 15) is 4.79 Å². The first kappa shape index (κ1) is 17.0. The van der Waals surface area contributed by atoms with Crippen LogP contribution < -0.4 is 19.5 Å². The molecule has 0 aromatic heterocycles. The summed E-state index contributed by atoms with van der Waals surface area (Å²) in [4.78, 5) is 14.0. The van der Waals surface area contributed by atoms with Crippen molar-refractivity contribution in [3.05, 3.63) is 48.0 Å². The van der Waals surface area contributed by atoms with Crippen LogP contribution in [-0.4, -0.2) is 37.8 Å². The summed E-state index contributed by atoms with van der Waals surface area (Å²) in [6.07, 6.45) is 0. The minimum atomic E-state index is -0.189. The van der Waals surface area contributed by atoms with E-state index in [1.165, 1.54) is 0 Å². The highest BCUT2D eigenvalue weighted by Gasteiger charge is 2.14. The number of fused-ring (bicyclic) bond motifs is 1. The molecule has 0 saturated carbocycles. The number of rotatable bonds is 5. The number of hydrogen-bond donors (Lipinski definition) is 1. The standard InChI is InChI=1S/C19H22N2O4/c1-3-23-16-7-4-14(5-8-16)13-21(2)19(22)20-15-6-9-17-18(12-15)25-11-10-24-17/h4-9,12H,3,10-11,13H2,1-2H3,(H,20,22). The van der Waals surface area contributed by atoms with Gasteiger partial charge >= 0.3 is 6.03 Å². The maximum atomic E-state index is 12.4. The van der Waals surface area contributed by atoms with Crippen LogP contribution in [0, 0.1) is 0 Å². The van der Waals surface area contributed by atoms with Crippen LogP contribution in [0.1, 0.15) is 12.5 Å². The van der Waals surface area contributed by atoms with Crippen molar-refractivity contribution in [1.29, 1.82) is 0 Å². The Morgan fingerprint density at radius 1 is 1.12 bits per heavy atom. The highest BCUT2D eigenvalue weighted by molar-refractivity contribution is 5.89. The van der Waals surface area contributed by atoms with Gasteiger partial charge in [-0.2, -0.15) is 0 Å². The molecule has 2 aromatic rings. The van der Waals surface area contributed by atoms with Gasteiger partial charge in [0.2, 0.25) is 0 Å². The molecular weight excluding hydrogens is 320 g/mol. The molecule has 0 unspecified atom stereocenters. The van der Waals surface area contributed by atoms with Crippen molar-refractivity contribution in [2.75, 3.05) is 32.2 Å². The molecule has 0 atom stereocenters. The lowest BCUT2D eigenvalue weighted by Crippen LogP contribution is -2.30.